The molecule has 0 unspecified atom stereocenters. The van der Waals surface area contributed by atoms with Gasteiger partial charge >= 0.3 is 0 Å². The average molecular weight is 313 g/mol. The third kappa shape index (κ3) is 3.69. The summed E-state index contributed by atoms with van der Waals surface area (Å²) in [6, 6.07) is 3.27. The SMILES string of the molecule is Cc1cc(C(=O)N2CCN(S(C)(=O)=O)CC2)cc(NN)n1. The molecule has 1 aromatic rings. The molecule has 0 saturated carbocycles. The summed E-state index contributed by atoms with van der Waals surface area (Å²) in [7, 11) is -3.20. The molecule has 1 fully saturated rings. The second kappa shape index (κ2) is 5.96. The van der Waals surface area contributed by atoms with Crippen molar-refractivity contribution in [3.63, 3.8) is 0 Å². The zero-order valence-corrected chi connectivity index (χ0v) is 12.9. The third-order valence-electron chi connectivity index (χ3n) is 3.34. The number of hydrazine groups is 1. The average Bonchev–Trinajstić information content (AvgIpc) is 2.45. The van der Waals surface area contributed by atoms with Crippen LogP contribution in [0.1, 0.15) is 16.1 Å². The Hall–Kier alpha value is -1.71. The number of sulfonamides is 1. The number of carbonyl (C=O) groups excluding carboxylic acids is 1. The van der Waals surface area contributed by atoms with Gasteiger partial charge in [0.05, 0.1) is 6.26 Å². The van der Waals surface area contributed by atoms with Crippen LogP contribution in [-0.4, -0.2) is 60.9 Å². The molecule has 1 saturated heterocycles. The van der Waals surface area contributed by atoms with Crippen molar-refractivity contribution in [3.05, 3.63) is 23.4 Å². The summed E-state index contributed by atoms with van der Waals surface area (Å²) in [5.74, 6) is 5.60. The molecule has 1 aromatic heterocycles. The van der Waals surface area contributed by atoms with Gasteiger partial charge in [-0.05, 0) is 19.1 Å². The van der Waals surface area contributed by atoms with Crippen molar-refractivity contribution in [2.24, 2.45) is 5.84 Å². The maximum absolute atomic E-state index is 12.4. The molecule has 9 heteroatoms. The summed E-state index contributed by atoms with van der Waals surface area (Å²) in [4.78, 5) is 18.2. The van der Waals surface area contributed by atoms with Gasteiger partial charge in [0.2, 0.25) is 10.0 Å². The summed E-state index contributed by atoms with van der Waals surface area (Å²) in [5.41, 5.74) is 3.60. The fourth-order valence-corrected chi connectivity index (χ4v) is 3.10. The molecule has 0 atom stereocenters. The lowest BCUT2D eigenvalue weighted by molar-refractivity contribution is 0.0698. The maximum atomic E-state index is 12.4. The van der Waals surface area contributed by atoms with Crippen molar-refractivity contribution in [1.29, 1.82) is 0 Å². The van der Waals surface area contributed by atoms with Gasteiger partial charge in [0.15, 0.2) is 0 Å². The topological polar surface area (TPSA) is 109 Å². The normalized spacial score (nSPS) is 16.8. The molecule has 0 spiro atoms. The number of pyridine rings is 1. The van der Waals surface area contributed by atoms with E-state index < -0.39 is 10.0 Å². The monoisotopic (exact) mass is 313 g/mol. The van der Waals surface area contributed by atoms with Crippen molar-refractivity contribution in [2.45, 2.75) is 6.92 Å². The number of aromatic nitrogens is 1. The maximum Gasteiger partial charge on any atom is 0.254 e. The van der Waals surface area contributed by atoms with Crippen molar-refractivity contribution >= 4 is 21.7 Å². The van der Waals surface area contributed by atoms with Crippen LogP contribution in [0.25, 0.3) is 0 Å². The molecular weight excluding hydrogens is 294 g/mol. The van der Waals surface area contributed by atoms with E-state index in [1.54, 1.807) is 24.0 Å². The number of hydrogen-bond acceptors (Lipinski definition) is 6. The molecule has 1 aliphatic heterocycles. The summed E-state index contributed by atoms with van der Waals surface area (Å²) in [6.45, 7) is 3.16. The van der Waals surface area contributed by atoms with Gasteiger partial charge in [-0.25, -0.2) is 19.2 Å². The number of nitrogens with one attached hydrogen (secondary N) is 1. The van der Waals surface area contributed by atoms with Crippen LogP contribution >= 0.6 is 0 Å². The first-order valence-corrected chi connectivity index (χ1v) is 8.36. The van der Waals surface area contributed by atoms with E-state index in [0.29, 0.717) is 43.3 Å². The number of amides is 1. The van der Waals surface area contributed by atoms with E-state index in [0.717, 1.165) is 0 Å². The number of nitrogen functional groups attached to an aromatic ring is 1. The minimum absolute atomic E-state index is 0.148. The van der Waals surface area contributed by atoms with Gasteiger partial charge in [-0.15, -0.1) is 0 Å². The molecule has 0 aliphatic carbocycles. The fourth-order valence-electron chi connectivity index (χ4n) is 2.27. The first-order chi connectivity index (χ1) is 9.81. The minimum Gasteiger partial charge on any atom is -0.336 e. The van der Waals surface area contributed by atoms with Gasteiger partial charge < -0.3 is 10.3 Å². The van der Waals surface area contributed by atoms with Crippen LogP contribution in [0.2, 0.25) is 0 Å². The molecule has 0 radical (unpaired) electrons. The van der Waals surface area contributed by atoms with Gasteiger partial charge in [0.25, 0.3) is 5.91 Å². The molecular formula is C12H19N5O3S. The number of nitrogens with zero attached hydrogens (tertiary/aromatic N) is 3. The Morgan fingerprint density at radius 1 is 1.29 bits per heavy atom. The Morgan fingerprint density at radius 3 is 2.43 bits per heavy atom. The van der Waals surface area contributed by atoms with Crippen molar-refractivity contribution in [3.8, 4) is 0 Å². The number of nitrogens with two attached hydrogens (primary N) is 1. The molecule has 0 aromatic carbocycles. The zero-order chi connectivity index (χ0) is 15.6. The Kier molecular flexibility index (Phi) is 4.45. The minimum atomic E-state index is -3.20. The molecule has 2 heterocycles. The van der Waals surface area contributed by atoms with Crippen molar-refractivity contribution < 1.29 is 13.2 Å². The van der Waals surface area contributed by atoms with Crippen LogP contribution < -0.4 is 11.3 Å². The highest BCUT2D eigenvalue weighted by atomic mass is 32.2. The molecule has 0 bridgehead atoms. The number of rotatable bonds is 3. The van der Waals surface area contributed by atoms with Crippen molar-refractivity contribution in [1.82, 2.24) is 14.2 Å². The van der Waals surface area contributed by atoms with Crippen molar-refractivity contribution in [2.75, 3.05) is 37.9 Å². The number of aryl methyl sites for hydroxylation is 1. The quantitative estimate of drug-likeness (QED) is 0.569. The number of carbonyl (C=O) groups is 1. The second-order valence-corrected chi connectivity index (χ2v) is 6.96. The Labute approximate surface area is 124 Å². The van der Waals surface area contributed by atoms with E-state index in [2.05, 4.69) is 10.4 Å². The van der Waals surface area contributed by atoms with E-state index in [-0.39, 0.29) is 5.91 Å². The zero-order valence-electron chi connectivity index (χ0n) is 12.0. The van der Waals surface area contributed by atoms with E-state index >= 15 is 0 Å². The van der Waals surface area contributed by atoms with Crippen LogP contribution in [0.4, 0.5) is 5.82 Å². The molecule has 8 nitrogen and oxygen atoms in total. The van der Waals surface area contributed by atoms with E-state index in [4.69, 9.17) is 5.84 Å². The lowest BCUT2D eigenvalue weighted by atomic mass is 10.2. The first-order valence-electron chi connectivity index (χ1n) is 6.51. The molecule has 1 aliphatic rings. The lowest BCUT2D eigenvalue weighted by Gasteiger charge is -2.33. The highest BCUT2D eigenvalue weighted by Crippen LogP contribution is 2.14. The lowest BCUT2D eigenvalue weighted by Crippen LogP contribution is -2.50. The molecule has 1 amide bonds. The standard InChI is InChI=1S/C12H19N5O3S/c1-9-7-10(8-11(14-9)15-13)12(18)16-3-5-17(6-4-16)21(2,19)20/h7-8H,3-6,13H2,1-2H3,(H,14,15). The highest BCUT2D eigenvalue weighted by Gasteiger charge is 2.26. The van der Waals surface area contributed by atoms with Crippen LogP contribution in [-0.2, 0) is 10.0 Å². The van der Waals surface area contributed by atoms with Crippen LogP contribution in [0.5, 0.6) is 0 Å². The summed E-state index contributed by atoms with van der Waals surface area (Å²) < 4.78 is 24.3. The first kappa shape index (κ1) is 15.7. The Bertz CT molecular complexity index is 638. The predicted molar refractivity (Wildman–Crippen MR) is 79.1 cm³/mol. The van der Waals surface area contributed by atoms with Crippen LogP contribution in [0, 0.1) is 6.92 Å². The highest BCUT2D eigenvalue weighted by molar-refractivity contribution is 7.88. The Balaban J connectivity index is 2.10. The van der Waals surface area contributed by atoms with E-state index in [1.165, 1.54) is 10.6 Å². The summed E-state index contributed by atoms with van der Waals surface area (Å²) in [6.07, 6.45) is 1.18. The van der Waals surface area contributed by atoms with Gasteiger partial charge in [-0.3, -0.25) is 4.79 Å². The number of piperazine rings is 1. The molecule has 116 valence electrons. The van der Waals surface area contributed by atoms with Gasteiger partial charge in [0.1, 0.15) is 5.82 Å². The largest absolute Gasteiger partial charge is 0.336 e. The summed E-state index contributed by atoms with van der Waals surface area (Å²) >= 11 is 0. The van der Waals surface area contributed by atoms with E-state index in [9.17, 15) is 13.2 Å². The number of hydrogen-bond donors (Lipinski definition) is 2. The predicted octanol–water partition coefficient (Wildman–Crippen LogP) is -0.607. The molecule has 21 heavy (non-hydrogen) atoms. The van der Waals surface area contributed by atoms with Gasteiger partial charge in [0, 0.05) is 37.4 Å². The smallest absolute Gasteiger partial charge is 0.254 e. The van der Waals surface area contributed by atoms with Gasteiger partial charge in [-0.1, -0.05) is 0 Å². The summed E-state index contributed by atoms with van der Waals surface area (Å²) in [5, 5.41) is 0. The second-order valence-electron chi connectivity index (χ2n) is 4.98. The number of anilines is 1. The van der Waals surface area contributed by atoms with E-state index in [1.807, 2.05) is 0 Å². The third-order valence-corrected chi connectivity index (χ3v) is 4.65. The van der Waals surface area contributed by atoms with Crippen LogP contribution in [0.15, 0.2) is 12.1 Å². The Morgan fingerprint density at radius 2 is 1.90 bits per heavy atom. The molecule has 2 rings (SSSR count). The van der Waals surface area contributed by atoms with Gasteiger partial charge in [-0.2, -0.15) is 4.31 Å². The van der Waals surface area contributed by atoms with Crippen LogP contribution in [0.3, 0.4) is 0 Å². The fraction of sp³-hybridized carbons (Fsp3) is 0.500. The molecule has 3 N–H and O–H groups in total.